The fourth-order valence-corrected chi connectivity index (χ4v) is 4.24. The molecule has 1 amide bonds. The van der Waals surface area contributed by atoms with Crippen LogP contribution in [0.2, 0.25) is 0 Å². The van der Waals surface area contributed by atoms with Gasteiger partial charge in [0.15, 0.2) is 0 Å². The average Bonchev–Trinajstić information content (AvgIpc) is 3.15. The summed E-state index contributed by atoms with van der Waals surface area (Å²) < 4.78 is 0. The van der Waals surface area contributed by atoms with Crippen LogP contribution in [0.1, 0.15) is 42.9 Å². The number of anilines is 1. The molecule has 2 aromatic carbocycles. The zero-order chi connectivity index (χ0) is 17.9. The highest BCUT2D eigenvalue weighted by Crippen LogP contribution is 2.32. The third kappa shape index (κ3) is 3.67. The minimum atomic E-state index is 0.126. The van der Waals surface area contributed by atoms with Crippen molar-refractivity contribution in [3.63, 3.8) is 0 Å². The van der Waals surface area contributed by atoms with Gasteiger partial charge in [0, 0.05) is 49.7 Å². The highest BCUT2D eigenvalue weighted by molar-refractivity contribution is 5.94. The highest BCUT2D eigenvalue weighted by Gasteiger charge is 2.29. The van der Waals surface area contributed by atoms with Crippen LogP contribution in [0.3, 0.4) is 0 Å². The van der Waals surface area contributed by atoms with Gasteiger partial charge in [-0.05, 0) is 30.5 Å². The number of carbonyl (C=O) groups is 1. The fraction of sp³-hybridized carbons (Fsp3) is 0.409. The van der Waals surface area contributed by atoms with Gasteiger partial charge in [-0.3, -0.25) is 9.69 Å². The lowest BCUT2D eigenvalue weighted by atomic mass is 9.90. The monoisotopic (exact) mass is 349 g/mol. The average molecular weight is 349 g/mol. The Morgan fingerprint density at radius 3 is 2.77 bits per heavy atom. The molecule has 26 heavy (non-hydrogen) atoms. The number of nitrogens with one attached hydrogen (secondary N) is 2. The Balaban J connectivity index is 1.34. The van der Waals surface area contributed by atoms with E-state index < -0.39 is 0 Å². The summed E-state index contributed by atoms with van der Waals surface area (Å²) in [7, 11) is 0. The van der Waals surface area contributed by atoms with Crippen LogP contribution in [0.25, 0.3) is 0 Å². The number of para-hydroxylation sites is 1. The Kier molecular flexibility index (Phi) is 5.05. The molecule has 2 aliphatic heterocycles. The number of fused-ring (bicyclic) bond motifs is 1. The third-order valence-corrected chi connectivity index (χ3v) is 5.81. The maximum absolute atomic E-state index is 12.0. The number of amides is 1. The lowest BCUT2D eigenvalue weighted by molar-refractivity contribution is -0.116. The van der Waals surface area contributed by atoms with Crippen molar-refractivity contribution in [1.29, 1.82) is 0 Å². The molecule has 4 nitrogen and oxygen atoms in total. The van der Waals surface area contributed by atoms with E-state index >= 15 is 0 Å². The van der Waals surface area contributed by atoms with Gasteiger partial charge in [-0.1, -0.05) is 48.5 Å². The van der Waals surface area contributed by atoms with Crippen LogP contribution in [0.5, 0.6) is 0 Å². The van der Waals surface area contributed by atoms with Crippen LogP contribution >= 0.6 is 0 Å². The highest BCUT2D eigenvalue weighted by atomic mass is 16.1. The van der Waals surface area contributed by atoms with E-state index in [-0.39, 0.29) is 11.8 Å². The van der Waals surface area contributed by atoms with E-state index in [1.54, 1.807) is 0 Å². The third-order valence-electron chi connectivity index (χ3n) is 5.81. The fourth-order valence-electron chi connectivity index (χ4n) is 4.24. The zero-order valence-electron chi connectivity index (χ0n) is 15.3. The Morgan fingerprint density at radius 1 is 1.15 bits per heavy atom. The van der Waals surface area contributed by atoms with E-state index in [0.29, 0.717) is 18.5 Å². The van der Waals surface area contributed by atoms with Crippen LogP contribution in [-0.2, 0) is 4.79 Å². The molecule has 0 saturated carbocycles. The maximum Gasteiger partial charge on any atom is 0.225 e. The Hall–Kier alpha value is -2.17. The molecule has 1 fully saturated rings. The normalized spacial score (nSPS) is 24.1. The Morgan fingerprint density at radius 2 is 1.92 bits per heavy atom. The summed E-state index contributed by atoms with van der Waals surface area (Å²) >= 11 is 0. The van der Waals surface area contributed by atoms with Crippen LogP contribution in [0.4, 0.5) is 5.69 Å². The molecule has 2 aliphatic rings. The van der Waals surface area contributed by atoms with Crippen molar-refractivity contribution in [1.82, 2.24) is 10.2 Å². The van der Waals surface area contributed by atoms with E-state index in [1.807, 2.05) is 12.1 Å². The van der Waals surface area contributed by atoms with Crippen LogP contribution < -0.4 is 10.6 Å². The topological polar surface area (TPSA) is 44.4 Å². The van der Waals surface area contributed by atoms with Gasteiger partial charge in [0.2, 0.25) is 5.91 Å². The molecule has 136 valence electrons. The van der Waals surface area contributed by atoms with Crippen LogP contribution in [0, 0.1) is 0 Å². The summed E-state index contributed by atoms with van der Waals surface area (Å²) in [4.78, 5) is 14.5. The lowest BCUT2D eigenvalue weighted by Gasteiger charge is -2.28. The smallest absolute Gasteiger partial charge is 0.225 e. The molecule has 0 radical (unpaired) electrons. The van der Waals surface area contributed by atoms with Gasteiger partial charge in [0.05, 0.1) is 0 Å². The number of hydrogen-bond donors (Lipinski definition) is 2. The van der Waals surface area contributed by atoms with E-state index in [2.05, 4.69) is 64.9 Å². The van der Waals surface area contributed by atoms with Crippen molar-refractivity contribution in [3.8, 4) is 0 Å². The first kappa shape index (κ1) is 17.3. The molecular weight excluding hydrogens is 322 g/mol. The van der Waals surface area contributed by atoms with Crippen molar-refractivity contribution in [2.75, 3.05) is 25.0 Å². The van der Waals surface area contributed by atoms with E-state index in [9.17, 15) is 4.79 Å². The summed E-state index contributed by atoms with van der Waals surface area (Å²) in [6, 6.07) is 19.8. The first-order valence-corrected chi connectivity index (χ1v) is 9.62. The second-order valence-corrected chi connectivity index (χ2v) is 7.51. The molecule has 1 saturated heterocycles. The molecule has 4 heteroatoms. The molecule has 3 unspecified atom stereocenters. The molecule has 2 heterocycles. The first-order chi connectivity index (χ1) is 12.7. The Labute approximate surface area is 155 Å². The van der Waals surface area contributed by atoms with Crippen molar-refractivity contribution < 1.29 is 4.79 Å². The van der Waals surface area contributed by atoms with E-state index in [1.165, 1.54) is 11.1 Å². The largest absolute Gasteiger partial charge is 0.326 e. The molecule has 4 rings (SSSR count). The SMILES string of the molecule is CC(c1ccccc1)N1CCC(NCC2CC(=O)Nc3ccccc32)C1. The first-order valence-electron chi connectivity index (χ1n) is 9.62. The molecule has 0 bridgehead atoms. The number of likely N-dealkylation sites (tertiary alicyclic amines) is 1. The number of carbonyl (C=O) groups excluding carboxylic acids is 1. The summed E-state index contributed by atoms with van der Waals surface area (Å²) in [6.45, 7) is 5.34. The number of rotatable bonds is 5. The van der Waals surface area contributed by atoms with Crippen molar-refractivity contribution in [2.45, 2.75) is 37.8 Å². The molecular formula is C22H27N3O. The summed E-state index contributed by atoms with van der Waals surface area (Å²) in [5.41, 5.74) is 3.61. The van der Waals surface area contributed by atoms with Crippen molar-refractivity contribution in [2.24, 2.45) is 0 Å². The summed E-state index contributed by atoms with van der Waals surface area (Å²) in [6.07, 6.45) is 1.73. The van der Waals surface area contributed by atoms with Gasteiger partial charge in [-0.25, -0.2) is 0 Å². The van der Waals surface area contributed by atoms with Gasteiger partial charge < -0.3 is 10.6 Å². The number of benzene rings is 2. The lowest BCUT2D eigenvalue weighted by Crippen LogP contribution is -2.37. The standard InChI is InChI=1S/C22H27N3O/c1-16(17-7-3-2-4-8-17)25-12-11-19(15-25)23-14-18-13-22(26)24-21-10-6-5-9-20(18)21/h2-10,16,18-19,23H,11-15H2,1H3,(H,24,26). The zero-order valence-corrected chi connectivity index (χ0v) is 15.3. The molecule has 0 spiro atoms. The van der Waals surface area contributed by atoms with Crippen molar-refractivity contribution in [3.05, 3.63) is 65.7 Å². The number of nitrogens with zero attached hydrogens (tertiary/aromatic N) is 1. The second kappa shape index (κ2) is 7.60. The van der Waals surface area contributed by atoms with Crippen molar-refractivity contribution >= 4 is 11.6 Å². The van der Waals surface area contributed by atoms with E-state index in [4.69, 9.17) is 0 Å². The molecule has 0 aliphatic carbocycles. The van der Waals surface area contributed by atoms with Gasteiger partial charge in [-0.15, -0.1) is 0 Å². The summed E-state index contributed by atoms with van der Waals surface area (Å²) in [5, 5.41) is 6.71. The predicted octanol–water partition coefficient (Wildman–Crippen LogP) is 3.54. The predicted molar refractivity (Wildman–Crippen MR) is 105 cm³/mol. The maximum atomic E-state index is 12.0. The minimum Gasteiger partial charge on any atom is -0.326 e. The van der Waals surface area contributed by atoms with E-state index in [0.717, 1.165) is 31.7 Å². The number of hydrogen-bond acceptors (Lipinski definition) is 3. The molecule has 2 N–H and O–H groups in total. The van der Waals surface area contributed by atoms with Crippen LogP contribution in [0.15, 0.2) is 54.6 Å². The van der Waals surface area contributed by atoms with Crippen LogP contribution in [-0.4, -0.2) is 36.5 Å². The molecule has 0 aromatic heterocycles. The quantitative estimate of drug-likeness (QED) is 0.868. The Bertz CT molecular complexity index is 761. The minimum absolute atomic E-state index is 0.126. The second-order valence-electron chi connectivity index (χ2n) is 7.51. The van der Waals surface area contributed by atoms with Gasteiger partial charge >= 0.3 is 0 Å². The summed E-state index contributed by atoms with van der Waals surface area (Å²) in [5.74, 6) is 0.391. The molecule has 2 aromatic rings. The van der Waals surface area contributed by atoms with Gasteiger partial charge in [0.1, 0.15) is 0 Å². The van der Waals surface area contributed by atoms with Gasteiger partial charge in [0.25, 0.3) is 0 Å². The van der Waals surface area contributed by atoms with Gasteiger partial charge in [-0.2, -0.15) is 0 Å². The molecule has 3 atom stereocenters.